The quantitative estimate of drug-likeness (QED) is 0.812. The van der Waals surface area contributed by atoms with Gasteiger partial charge in [-0.05, 0) is 43.0 Å². The number of benzene rings is 2. The number of hydrogen-bond acceptors (Lipinski definition) is 3. The third-order valence-corrected chi connectivity index (χ3v) is 4.96. The molecule has 0 spiro atoms. The Hall–Kier alpha value is -2.82. The highest BCUT2D eigenvalue weighted by Crippen LogP contribution is 2.23. The van der Waals surface area contributed by atoms with E-state index >= 15 is 0 Å². The maximum absolute atomic E-state index is 12.2. The summed E-state index contributed by atoms with van der Waals surface area (Å²) >= 11 is 0. The summed E-state index contributed by atoms with van der Waals surface area (Å²) in [6.45, 7) is 2.16. The van der Waals surface area contributed by atoms with E-state index in [4.69, 9.17) is 4.74 Å². The van der Waals surface area contributed by atoms with Crippen LogP contribution < -0.4 is 15.4 Å². The average molecular weight is 366 g/mol. The highest BCUT2D eigenvalue weighted by molar-refractivity contribution is 6.04. The molecule has 2 atom stereocenters. The van der Waals surface area contributed by atoms with Gasteiger partial charge in [-0.3, -0.25) is 9.59 Å². The molecule has 2 unspecified atom stereocenters. The predicted molar refractivity (Wildman–Crippen MR) is 106 cm³/mol. The molecule has 5 nitrogen and oxygen atoms in total. The summed E-state index contributed by atoms with van der Waals surface area (Å²) in [6.07, 6.45) is 4.60. The fourth-order valence-electron chi connectivity index (χ4n) is 3.38. The standard InChI is InChI=1S/C22H26N2O3/c1-16-8-5-6-13-20(16)24-21(25)15-27-19-12-7-11-18(14-19)23-22(26)17-9-3-2-4-10-17/h2-4,7,9-12,14,16,20H,5-6,8,13,15H2,1H3,(H,23,26)(H,24,25). The van der Waals surface area contributed by atoms with E-state index in [1.54, 1.807) is 36.4 Å². The highest BCUT2D eigenvalue weighted by atomic mass is 16.5. The van der Waals surface area contributed by atoms with Crippen LogP contribution in [-0.4, -0.2) is 24.5 Å². The Kier molecular flexibility index (Phi) is 6.47. The number of anilines is 1. The summed E-state index contributed by atoms with van der Waals surface area (Å²) in [6, 6.07) is 16.3. The molecule has 0 bridgehead atoms. The summed E-state index contributed by atoms with van der Waals surface area (Å²) in [5.41, 5.74) is 1.22. The lowest BCUT2D eigenvalue weighted by Crippen LogP contribution is -2.43. The highest BCUT2D eigenvalue weighted by Gasteiger charge is 2.22. The number of carbonyl (C=O) groups excluding carboxylic acids is 2. The van der Waals surface area contributed by atoms with E-state index in [0.29, 0.717) is 22.9 Å². The predicted octanol–water partition coefficient (Wildman–Crippen LogP) is 4.01. The Bertz CT molecular complexity index is 776. The van der Waals surface area contributed by atoms with Gasteiger partial charge in [0.25, 0.3) is 11.8 Å². The van der Waals surface area contributed by atoms with Crippen molar-refractivity contribution in [2.24, 2.45) is 5.92 Å². The minimum atomic E-state index is -0.184. The SMILES string of the molecule is CC1CCCCC1NC(=O)COc1cccc(NC(=O)c2ccccc2)c1. The summed E-state index contributed by atoms with van der Waals surface area (Å²) in [4.78, 5) is 24.4. The van der Waals surface area contributed by atoms with Crippen molar-refractivity contribution < 1.29 is 14.3 Å². The van der Waals surface area contributed by atoms with Gasteiger partial charge < -0.3 is 15.4 Å². The Labute approximate surface area is 160 Å². The molecule has 2 amide bonds. The number of carbonyl (C=O) groups is 2. The van der Waals surface area contributed by atoms with Crippen LogP contribution in [0.4, 0.5) is 5.69 Å². The smallest absolute Gasteiger partial charge is 0.258 e. The molecule has 1 saturated carbocycles. The van der Waals surface area contributed by atoms with Gasteiger partial charge in [-0.1, -0.05) is 44.0 Å². The molecular weight excluding hydrogens is 340 g/mol. The van der Waals surface area contributed by atoms with Crippen molar-refractivity contribution in [1.82, 2.24) is 5.32 Å². The zero-order valence-corrected chi connectivity index (χ0v) is 15.6. The van der Waals surface area contributed by atoms with Crippen molar-refractivity contribution in [3.63, 3.8) is 0 Å². The van der Waals surface area contributed by atoms with Gasteiger partial charge >= 0.3 is 0 Å². The van der Waals surface area contributed by atoms with E-state index in [1.165, 1.54) is 12.8 Å². The lowest BCUT2D eigenvalue weighted by atomic mass is 9.86. The molecule has 0 saturated heterocycles. The molecule has 5 heteroatoms. The largest absolute Gasteiger partial charge is 0.484 e. The monoisotopic (exact) mass is 366 g/mol. The van der Waals surface area contributed by atoms with Crippen LogP contribution in [0.15, 0.2) is 54.6 Å². The van der Waals surface area contributed by atoms with Gasteiger partial charge in [0.15, 0.2) is 6.61 Å². The number of hydrogen-bond donors (Lipinski definition) is 2. The average Bonchev–Trinajstić information content (AvgIpc) is 2.69. The van der Waals surface area contributed by atoms with Crippen LogP contribution in [0.25, 0.3) is 0 Å². The molecule has 2 N–H and O–H groups in total. The summed E-state index contributed by atoms with van der Waals surface area (Å²) in [7, 11) is 0. The first kappa shape index (κ1) is 19.0. The van der Waals surface area contributed by atoms with E-state index in [0.717, 1.165) is 12.8 Å². The van der Waals surface area contributed by atoms with Crippen LogP contribution >= 0.6 is 0 Å². The first-order chi connectivity index (χ1) is 13.1. The van der Waals surface area contributed by atoms with Gasteiger partial charge in [0.1, 0.15) is 5.75 Å². The Balaban J connectivity index is 1.51. The van der Waals surface area contributed by atoms with Crippen molar-refractivity contribution in [3.05, 3.63) is 60.2 Å². The number of amides is 2. The fraction of sp³-hybridized carbons (Fsp3) is 0.364. The molecule has 0 radical (unpaired) electrons. The summed E-state index contributed by atoms with van der Waals surface area (Å²) in [5, 5.41) is 5.91. The third kappa shape index (κ3) is 5.58. The molecule has 27 heavy (non-hydrogen) atoms. The van der Waals surface area contributed by atoms with Crippen LogP contribution in [0.3, 0.4) is 0 Å². The van der Waals surface area contributed by atoms with Gasteiger partial charge in [0.05, 0.1) is 0 Å². The van der Waals surface area contributed by atoms with E-state index in [-0.39, 0.29) is 24.5 Å². The second-order valence-electron chi connectivity index (χ2n) is 7.07. The minimum Gasteiger partial charge on any atom is -0.484 e. The minimum absolute atomic E-state index is 0.0285. The van der Waals surface area contributed by atoms with Gasteiger partial charge in [0.2, 0.25) is 0 Å². The van der Waals surface area contributed by atoms with Crippen molar-refractivity contribution in [1.29, 1.82) is 0 Å². The van der Waals surface area contributed by atoms with Gasteiger partial charge in [0, 0.05) is 23.4 Å². The van der Waals surface area contributed by atoms with Crippen LogP contribution in [0.1, 0.15) is 43.0 Å². The second-order valence-corrected chi connectivity index (χ2v) is 7.07. The Morgan fingerprint density at radius 3 is 2.59 bits per heavy atom. The number of ether oxygens (including phenoxy) is 1. The Morgan fingerprint density at radius 2 is 1.81 bits per heavy atom. The molecule has 0 heterocycles. The van der Waals surface area contributed by atoms with Crippen molar-refractivity contribution in [2.45, 2.75) is 38.6 Å². The zero-order chi connectivity index (χ0) is 19.1. The van der Waals surface area contributed by atoms with E-state index in [2.05, 4.69) is 17.6 Å². The molecule has 0 aromatic heterocycles. The molecule has 1 aliphatic rings. The van der Waals surface area contributed by atoms with Crippen molar-refractivity contribution in [3.8, 4) is 5.75 Å². The van der Waals surface area contributed by atoms with Gasteiger partial charge in [-0.15, -0.1) is 0 Å². The van der Waals surface area contributed by atoms with Crippen molar-refractivity contribution in [2.75, 3.05) is 11.9 Å². The van der Waals surface area contributed by atoms with Crippen LogP contribution in [0.2, 0.25) is 0 Å². The van der Waals surface area contributed by atoms with E-state index in [9.17, 15) is 9.59 Å². The molecule has 2 aromatic carbocycles. The van der Waals surface area contributed by atoms with Gasteiger partial charge in [-0.2, -0.15) is 0 Å². The van der Waals surface area contributed by atoms with Crippen molar-refractivity contribution >= 4 is 17.5 Å². The summed E-state index contributed by atoms with van der Waals surface area (Å²) in [5.74, 6) is 0.774. The normalized spacial score (nSPS) is 19.1. The topological polar surface area (TPSA) is 67.4 Å². The maximum Gasteiger partial charge on any atom is 0.258 e. The maximum atomic E-state index is 12.2. The lowest BCUT2D eigenvalue weighted by molar-refractivity contribution is -0.124. The molecule has 1 fully saturated rings. The molecule has 142 valence electrons. The molecule has 2 aromatic rings. The Morgan fingerprint density at radius 1 is 1.04 bits per heavy atom. The van der Waals surface area contributed by atoms with E-state index < -0.39 is 0 Å². The molecule has 3 rings (SSSR count). The first-order valence-electron chi connectivity index (χ1n) is 9.50. The van der Waals surface area contributed by atoms with Crippen LogP contribution in [0.5, 0.6) is 5.75 Å². The molecular formula is C22H26N2O3. The van der Waals surface area contributed by atoms with Crippen LogP contribution in [-0.2, 0) is 4.79 Å². The number of rotatable bonds is 6. The summed E-state index contributed by atoms with van der Waals surface area (Å²) < 4.78 is 5.61. The number of nitrogens with one attached hydrogen (secondary N) is 2. The van der Waals surface area contributed by atoms with Crippen LogP contribution in [0, 0.1) is 5.92 Å². The zero-order valence-electron chi connectivity index (χ0n) is 15.6. The molecule has 0 aliphatic heterocycles. The lowest BCUT2D eigenvalue weighted by Gasteiger charge is -2.29. The van der Waals surface area contributed by atoms with E-state index in [1.807, 2.05) is 18.2 Å². The first-order valence-corrected chi connectivity index (χ1v) is 9.50. The third-order valence-electron chi connectivity index (χ3n) is 4.96. The molecule has 1 aliphatic carbocycles. The second kappa shape index (κ2) is 9.21. The fourth-order valence-corrected chi connectivity index (χ4v) is 3.38. The van der Waals surface area contributed by atoms with Gasteiger partial charge in [-0.25, -0.2) is 0 Å².